The average molecular weight is 495 g/mol. The standard InChI is InChI=1S/C24H24F2N8S/c1-14(28)18-12-31-21(26)11-17(18)16-5-3-4-15-10-20(35-23(15)16)22-19(25)13-32-24(33-22)30-7-9-34(29-2)8-6-27/h3-6,8,10-14H,2,7,9,27-28H2,1H3,(H,30,32,33)/b8-6-. The molecule has 0 saturated heterocycles. The summed E-state index contributed by atoms with van der Waals surface area (Å²) < 4.78 is 29.7. The Kier molecular flexibility index (Phi) is 7.28. The Morgan fingerprint density at radius 3 is 2.80 bits per heavy atom. The first-order valence-corrected chi connectivity index (χ1v) is 11.5. The van der Waals surface area contributed by atoms with Gasteiger partial charge in [-0.2, -0.15) is 9.49 Å². The second kappa shape index (κ2) is 10.5. The van der Waals surface area contributed by atoms with Gasteiger partial charge in [0.2, 0.25) is 11.9 Å². The van der Waals surface area contributed by atoms with Crippen LogP contribution in [0.3, 0.4) is 0 Å². The Morgan fingerprint density at radius 1 is 1.23 bits per heavy atom. The highest BCUT2D eigenvalue weighted by atomic mass is 32.1. The third-order valence-electron chi connectivity index (χ3n) is 5.27. The fourth-order valence-electron chi connectivity index (χ4n) is 3.63. The lowest BCUT2D eigenvalue weighted by atomic mass is 9.97. The summed E-state index contributed by atoms with van der Waals surface area (Å²) in [6, 6.07) is 8.58. The number of nitrogens with one attached hydrogen (secondary N) is 1. The number of hydrogen-bond donors (Lipinski definition) is 3. The number of aromatic nitrogens is 3. The Labute approximate surface area is 205 Å². The van der Waals surface area contributed by atoms with Gasteiger partial charge in [0.15, 0.2) is 5.82 Å². The van der Waals surface area contributed by atoms with E-state index in [1.165, 1.54) is 29.8 Å². The van der Waals surface area contributed by atoms with Gasteiger partial charge in [-0.3, -0.25) is 5.01 Å². The molecule has 11 heteroatoms. The molecule has 0 bridgehead atoms. The molecule has 0 aliphatic rings. The Balaban J connectivity index is 1.69. The van der Waals surface area contributed by atoms with Crippen LogP contribution in [-0.2, 0) is 0 Å². The Hall–Kier alpha value is -3.96. The van der Waals surface area contributed by atoms with E-state index in [9.17, 15) is 8.78 Å². The van der Waals surface area contributed by atoms with E-state index in [0.29, 0.717) is 23.5 Å². The van der Waals surface area contributed by atoms with Crippen molar-refractivity contribution < 1.29 is 8.78 Å². The van der Waals surface area contributed by atoms with Crippen LogP contribution in [0.2, 0.25) is 0 Å². The molecule has 0 saturated carbocycles. The van der Waals surface area contributed by atoms with Crippen LogP contribution in [0.4, 0.5) is 14.7 Å². The Bertz CT molecular complexity index is 1390. The van der Waals surface area contributed by atoms with Crippen molar-refractivity contribution in [1.82, 2.24) is 20.0 Å². The third kappa shape index (κ3) is 5.26. The number of pyridine rings is 1. The molecule has 3 aromatic heterocycles. The molecule has 4 aromatic rings. The predicted molar refractivity (Wildman–Crippen MR) is 137 cm³/mol. The van der Waals surface area contributed by atoms with E-state index in [1.54, 1.807) is 11.2 Å². The highest BCUT2D eigenvalue weighted by Gasteiger charge is 2.18. The molecule has 180 valence electrons. The van der Waals surface area contributed by atoms with Gasteiger partial charge in [-0.1, -0.05) is 18.2 Å². The molecule has 0 radical (unpaired) electrons. The molecule has 3 heterocycles. The van der Waals surface area contributed by atoms with Crippen molar-refractivity contribution in [1.29, 1.82) is 0 Å². The second-order valence-corrected chi connectivity index (χ2v) is 8.73. The topological polar surface area (TPSA) is 118 Å². The van der Waals surface area contributed by atoms with Crippen LogP contribution in [0.5, 0.6) is 0 Å². The third-order valence-corrected chi connectivity index (χ3v) is 6.46. The number of thiophene rings is 1. The molecule has 0 amide bonds. The van der Waals surface area contributed by atoms with E-state index < -0.39 is 11.8 Å². The van der Waals surface area contributed by atoms with E-state index in [-0.39, 0.29) is 17.7 Å². The molecule has 1 unspecified atom stereocenters. The first-order chi connectivity index (χ1) is 16.9. The lowest BCUT2D eigenvalue weighted by molar-refractivity contribution is 0.417. The van der Waals surface area contributed by atoms with Gasteiger partial charge < -0.3 is 16.8 Å². The number of rotatable bonds is 9. The van der Waals surface area contributed by atoms with Gasteiger partial charge >= 0.3 is 0 Å². The number of hydrogen-bond acceptors (Lipinski definition) is 9. The van der Waals surface area contributed by atoms with Gasteiger partial charge in [-0.15, -0.1) is 11.3 Å². The zero-order valence-corrected chi connectivity index (χ0v) is 19.8. The monoisotopic (exact) mass is 494 g/mol. The summed E-state index contributed by atoms with van der Waals surface area (Å²) in [5, 5.41) is 9.29. The number of hydrazone groups is 1. The van der Waals surface area contributed by atoms with Crippen molar-refractivity contribution in [2.45, 2.75) is 13.0 Å². The van der Waals surface area contributed by atoms with Crippen molar-refractivity contribution in [3.05, 3.63) is 72.5 Å². The summed E-state index contributed by atoms with van der Waals surface area (Å²) in [6.45, 7) is 6.18. The van der Waals surface area contributed by atoms with Crippen LogP contribution in [0.15, 0.2) is 60.2 Å². The number of halogens is 2. The smallest absolute Gasteiger partial charge is 0.223 e. The first kappa shape index (κ1) is 24.2. The molecule has 4 rings (SSSR count). The van der Waals surface area contributed by atoms with Crippen LogP contribution in [0.1, 0.15) is 18.5 Å². The van der Waals surface area contributed by atoms with Crippen LogP contribution in [0.25, 0.3) is 31.8 Å². The van der Waals surface area contributed by atoms with Crippen molar-refractivity contribution in [3.8, 4) is 21.7 Å². The maximum atomic E-state index is 14.8. The fourth-order valence-corrected chi connectivity index (χ4v) is 4.81. The fraction of sp³-hybridized carbons (Fsp3) is 0.167. The highest BCUT2D eigenvalue weighted by molar-refractivity contribution is 7.22. The molecule has 5 N–H and O–H groups in total. The van der Waals surface area contributed by atoms with Gasteiger partial charge in [-0.05, 0) is 29.5 Å². The average Bonchev–Trinajstić information content (AvgIpc) is 3.28. The number of anilines is 1. The summed E-state index contributed by atoms with van der Waals surface area (Å²) in [5.41, 5.74) is 13.8. The maximum absolute atomic E-state index is 14.8. The van der Waals surface area contributed by atoms with Crippen LogP contribution in [0, 0.1) is 11.8 Å². The second-order valence-electron chi connectivity index (χ2n) is 7.68. The molecular formula is C24H24F2N8S. The van der Waals surface area contributed by atoms with Crippen LogP contribution >= 0.6 is 11.3 Å². The quantitative estimate of drug-likeness (QED) is 0.178. The van der Waals surface area contributed by atoms with E-state index in [2.05, 4.69) is 32.1 Å². The van der Waals surface area contributed by atoms with Crippen LogP contribution < -0.4 is 16.8 Å². The minimum absolute atomic E-state index is 0.170. The summed E-state index contributed by atoms with van der Waals surface area (Å²) in [6.07, 6.45) is 5.52. The van der Waals surface area contributed by atoms with Crippen molar-refractivity contribution >= 4 is 34.1 Å². The van der Waals surface area contributed by atoms with Gasteiger partial charge in [0, 0.05) is 54.2 Å². The molecule has 35 heavy (non-hydrogen) atoms. The normalized spacial score (nSPS) is 12.2. The van der Waals surface area contributed by atoms with Crippen molar-refractivity contribution in [3.63, 3.8) is 0 Å². The Morgan fingerprint density at radius 2 is 2.06 bits per heavy atom. The summed E-state index contributed by atoms with van der Waals surface area (Å²) in [5.74, 6) is -0.867. The zero-order valence-electron chi connectivity index (χ0n) is 18.9. The van der Waals surface area contributed by atoms with Crippen LogP contribution in [-0.4, -0.2) is 39.8 Å². The molecule has 1 aromatic carbocycles. The van der Waals surface area contributed by atoms with Gasteiger partial charge in [0.1, 0.15) is 5.69 Å². The first-order valence-electron chi connectivity index (χ1n) is 10.7. The molecule has 0 spiro atoms. The lowest BCUT2D eigenvalue weighted by Gasteiger charge is -2.13. The highest BCUT2D eigenvalue weighted by Crippen LogP contribution is 2.41. The molecule has 1 atom stereocenters. The molecule has 8 nitrogen and oxygen atoms in total. The maximum Gasteiger partial charge on any atom is 0.223 e. The molecular weight excluding hydrogens is 470 g/mol. The largest absolute Gasteiger partial charge is 0.403 e. The number of benzene rings is 1. The molecule has 0 fully saturated rings. The zero-order chi connectivity index (χ0) is 24.9. The SMILES string of the molecule is C=NN(/C=C\N)CCNc1ncc(F)c(-c2cc3cccc(-c4cc(F)ncc4C(C)N)c3s2)n1. The minimum atomic E-state index is -0.595. The van der Waals surface area contributed by atoms with Crippen molar-refractivity contribution in [2.24, 2.45) is 16.6 Å². The predicted octanol–water partition coefficient (Wildman–Crippen LogP) is 4.48. The van der Waals surface area contributed by atoms with Gasteiger partial charge in [-0.25, -0.2) is 19.3 Å². The van der Waals surface area contributed by atoms with E-state index in [1.807, 2.05) is 31.2 Å². The van der Waals surface area contributed by atoms with E-state index in [4.69, 9.17) is 11.5 Å². The van der Waals surface area contributed by atoms with E-state index in [0.717, 1.165) is 27.4 Å². The summed E-state index contributed by atoms with van der Waals surface area (Å²) in [4.78, 5) is 12.8. The molecule has 0 aliphatic carbocycles. The minimum Gasteiger partial charge on any atom is -0.403 e. The van der Waals surface area contributed by atoms with E-state index >= 15 is 0 Å². The summed E-state index contributed by atoms with van der Waals surface area (Å²) >= 11 is 1.36. The summed E-state index contributed by atoms with van der Waals surface area (Å²) in [7, 11) is 0. The van der Waals surface area contributed by atoms with Gasteiger partial charge in [0.05, 0.1) is 17.6 Å². The number of fused-ring (bicyclic) bond motifs is 1. The number of nitrogens with two attached hydrogens (primary N) is 2. The molecule has 0 aliphatic heterocycles. The lowest BCUT2D eigenvalue weighted by Crippen LogP contribution is -2.20. The number of nitrogens with zero attached hydrogens (tertiary/aromatic N) is 5. The van der Waals surface area contributed by atoms with Crippen molar-refractivity contribution in [2.75, 3.05) is 18.4 Å². The van der Waals surface area contributed by atoms with Gasteiger partial charge in [0.25, 0.3) is 0 Å².